The van der Waals surface area contributed by atoms with E-state index >= 15 is 0 Å². The second-order valence-corrected chi connectivity index (χ2v) is 10.5. The molecule has 8 heteroatoms. The number of imidazole rings is 1. The van der Waals surface area contributed by atoms with Crippen molar-refractivity contribution in [2.75, 3.05) is 0 Å². The number of rotatable bonds is 10. The molecule has 0 saturated carbocycles. The van der Waals surface area contributed by atoms with Crippen LogP contribution in [0.2, 0.25) is 0 Å². The highest BCUT2D eigenvalue weighted by atomic mass is 32.2. The number of sulfonamides is 1. The molecule has 0 aliphatic carbocycles. The van der Waals surface area contributed by atoms with Gasteiger partial charge in [0.05, 0.1) is 16.8 Å². The van der Waals surface area contributed by atoms with Gasteiger partial charge in [0.25, 0.3) is 0 Å². The van der Waals surface area contributed by atoms with Crippen LogP contribution in [0.15, 0.2) is 78.9 Å². The Morgan fingerprint density at radius 3 is 2.31 bits per heavy atom. The molecule has 0 aliphatic heterocycles. The molecule has 182 valence electrons. The predicted octanol–water partition coefficient (Wildman–Crippen LogP) is 4.10. The van der Waals surface area contributed by atoms with E-state index < -0.39 is 10.0 Å². The molecule has 0 fully saturated rings. The van der Waals surface area contributed by atoms with E-state index in [2.05, 4.69) is 14.6 Å². The number of aryl methyl sites for hydroxylation is 1. The zero-order valence-corrected chi connectivity index (χ0v) is 20.8. The Labute approximate surface area is 206 Å². The lowest BCUT2D eigenvalue weighted by molar-refractivity contribution is -0.121. The van der Waals surface area contributed by atoms with Crippen LogP contribution < -0.4 is 10.0 Å². The Morgan fingerprint density at radius 2 is 1.57 bits per heavy atom. The first-order valence-electron chi connectivity index (χ1n) is 11.7. The first-order valence-corrected chi connectivity index (χ1v) is 13.3. The summed E-state index contributed by atoms with van der Waals surface area (Å²) in [7, 11) is -3.46. The van der Waals surface area contributed by atoms with Crippen molar-refractivity contribution in [1.29, 1.82) is 0 Å². The van der Waals surface area contributed by atoms with Crippen molar-refractivity contribution in [3.63, 3.8) is 0 Å². The normalized spacial score (nSPS) is 11.7. The molecule has 1 amide bonds. The van der Waals surface area contributed by atoms with Crippen LogP contribution in [-0.2, 0) is 33.5 Å². The van der Waals surface area contributed by atoms with E-state index in [0.29, 0.717) is 12.0 Å². The van der Waals surface area contributed by atoms with E-state index in [0.717, 1.165) is 28.1 Å². The summed E-state index contributed by atoms with van der Waals surface area (Å²) in [4.78, 5) is 17.5. The van der Waals surface area contributed by atoms with Crippen molar-refractivity contribution < 1.29 is 13.2 Å². The van der Waals surface area contributed by atoms with Crippen LogP contribution in [0.3, 0.4) is 0 Å². The van der Waals surface area contributed by atoms with Gasteiger partial charge < -0.3 is 5.32 Å². The zero-order chi connectivity index (χ0) is 24.8. The highest BCUT2D eigenvalue weighted by Crippen LogP contribution is 2.22. The molecule has 0 atom stereocenters. The molecule has 1 heterocycles. The molecular weight excluding hydrogens is 460 g/mol. The number of amides is 1. The van der Waals surface area contributed by atoms with E-state index in [4.69, 9.17) is 4.98 Å². The quantitative estimate of drug-likeness (QED) is 0.350. The molecule has 4 rings (SSSR count). The van der Waals surface area contributed by atoms with E-state index in [1.165, 1.54) is 0 Å². The summed E-state index contributed by atoms with van der Waals surface area (Å²) in [6, 6.07) is 25.0. The van der Waals surface area contributed by atoms with Gasteiger partial charge in [-0.05, 0) is 49.2 Å². The molecule has 0 saturated heterocycles. The summed E-state index contributed by atoms with van der Waals surface area (Å²) >= 11 is 0. The fourth-order valence-corrected chi connectivity index (χ4v) is 5.59. The Morgan fingerprint density at radius 1 is 0.914 bits per heavy atom. The summed E-state index contributed by atoms with van der Waals surface area (Å²) in [5.74, 6) is 0.576. The van der Waals surface area contributed by atoms with Gasteiger partial charge in [0.2, 0.25) is 15.9 Å². The molecule has 4 aromatic rings. The summed E-state index contributed by atoms with van der Waals surface area (Å²) in [5, 5.41) is 2.94. The van der Waals surface area contributed by atoms with Crippen LogP contribution >= 0.6 is 0 Å². The van der Waals surface area contributed by atoms with E-state index in [1.54, 1.807) is 26.0 Å². The molecule has 1 aromatic heterocycles. The number of fused-ring (bicyclic) bond motifs is 1. The molecule has 2 N–H and O–H groups in total. The van der Waals surface area contributed by atoms with Crippen LogP contribution in [0, 0.1) is 0 Å². The maximum atomic E-state index is 12.7. The lowest BCUT2D eigenvalue weighted by atomic mass is 10.1. The summed E-state index contributed by atoms with van der Waals surface area (Å²) in [5.41, 5.74) is 4.34. The van der Waals surface area contributed by atoms with Gasteiger partial charge in [0, 0.05) is 31.1 Å². The highest BCUT2D eigenvalue weighted by Gasteiger charge is 2.17. The second-order valence-electron chi connectivity index (χ2n) is 8.76. The van der Waals surface area contributed by atoms with Crippen LogP contribution in [0.5, 0.6) is 0 Å². The molecule has 0 radical (unpaired) electrons. The van der Waals surface area contributed by atoms with Crippen molar-refractivity contribution in [2.45, 2.75) is 45.0 Å². The fourth-order valence-electron chi connectivity index (χ4n) is 4.09. The average molecular weight is 491 g/mol. The second kappa shape index (κ2) is 10.8. The lowest BCUT2D eigenvalue weighted by Gasteiger charge is -2.13. The number of para-hydroxylation sites is 3. The van der Waals surface area contributed by atoms with Gasteiger partial charge in [-0.2, -0.15) is 0 Å². The molecular formula is C27H30N4O3S. The van der Waals surface area contributed by atoms with Gasteiger partial charge in [-0.25, -0.2) is 18.1 Å². The molecule has 0 spiro atoms. The van der Waals surface area contributed by atoms with Gasteiger partial charge in [0.1, 0.15) is 5.82 Å². The Balaban J connectivity index is 1.44. The van der Waals surface area contributed by atoms with Gasteiger partial charge in [0.15, 0.2) is 0 Å². The lowest BCUT2D eigenvalue weighted by Crippen LogP contribution is -2.32. The van der Waals surface area contributed by atoms with Crippen molar-refractivity contribution in [3.05, 3.63) is 95.8 Å². The molecule has 3 aromatic carbocycles. The standard InChI is InChI=1S/C27H30N4O3S/c1-20(2)30-35(33,34)19-22-11-7-6-10-21(22)18-28-27(32)17-16-26-29-24-14-8-9-15-25(24)31(26)23-12-4-3-5-13-23/h3-15,20,30H,16-19H2,1-2H3,(H,28,32). The van der Waals surface area contributed by atoms with Crippen molar-refractivity contribution in [3.8, 4) is 5.69 Å². The number of nitrogens with zero attached hydrogens (tertiary/aromatic N) is 2. The number of aromatic nitrogens is 2. The molecule has 0 aliphatic rings. The minimum atomic E-state index is -3.46. The molecule has 7 nitrogen and oxygen atoms in total. The number of benzene rings is 3. The van der Waals surface area contributed by atoms with Crippen molar-refractivity contribution >= 4 is 27.0 Å². The van der Waals surface area contributed by atoms with Gasteiger partial charge in [-0.15, -0.1) is 0 Å². The van der Waals surface area contributed by atoms with Crippen LogP contribution in [-0.4, -0.2) is 29.9 Å². The largest absolute Gasteiger partial charge is 0.352 e. The average Bonchev–Trinajstić information content (AvgIpc) is 3.20. The number of carbonyl (C=O) groups excluding carboxylic acids is 1. The minimum Gasteiger partial charge on any atom is -0.352 e. The van der Waals surface area contributed by atoms with E-state index in [1.807, 2.05) is 66.7 Å². The number of hydrogen-bond acceptors (Lipinski definition) is 4. The highest BCUT2D eigenvalue weighted by molar-refractivity contribution is 7.88. The maximum Gasteiger partial charge on any atom is 0.220 e. The third-order valence-electron chi connectivity index (χ3n) is 5.58. The predicted molar refractivity (Wildman–Crippen MR) is 139 cm³/mol. The number of nitrogens with one attached hydrogen (secondary N) is 2. The maximum absolute atomic E-state index is 12.7. The topological polar surface area (TPSA) is 93.1 Å². The first kappa shape index (κ1) is 24.6. The Kier molecular flexibility index (Phi) is 7.63. The molecule has 0 bridgehead atoms. The van der Waals surface area contributed by atoms with E-state index in [9.17, 15) is 13.2 Å². The van der Waals surface area contributed by atoms with Crippen LogP contribution in [0.25, 0.3) is 16.7 Å². The van der Waals surface area contributed by atoms with Gasteiger partial charge >= 0.3 is 0 Å². The first-order chi connectivity index (χ1) is 16.8. The number of carbonyl (C=O) groups is 1. The van der Waals surface area contributed by atoms with Gasteiger partial charge in [-0.1, -0.05) is 54.6 Å². The number of hydrogen-bond donors (Lipinski definition) is 2. The van der Waals surface area contributed by atoms with Gasteiger partial charge in [-0.3, -0.25) is 9.36 Å². The Hall–Kier alpha value is -3.49. The SMILES string of the molecule is CC(C)NS(=O)(=O)Cc1ccccc1CNC(=O)CCc1nc2ccccc2n1-c1ccccc1. The molecule has 35 heavy (non-hydrogen) atoms. The summed E-state index contributed by atoms with van der Waals surface area (Å²) in [6.07, 6.45) is 0.745. The zero-order valence-electron chi connectivity index (χ0n) is 19.9. The van der Waals surface area contributed by atoms with Crippen LogP contribution in [0.4, 0.5) is 0 Å². The third kappa shape index (κ3) is 6.35. The van der Waals surface area contributed by atoms with E-state index in [-0.39, 0.29) is 30.7 Å². The van der Waals surface area contributed by atoms with Crippen molar-refractivity contribution in [2.24, 2.45) is 0 Å². The summed E-state index contributed by atoms with van der Waals surface area (Å²) in [6.45, 7) is 3.84. The smallest absolute Gasteiger partial charge is 0.220 e. The van der Waals surface area contributed by atoms with Crippen molar-refractivity contribution in [1.82, 2.24) is 19.6 Å². The third-order valence-corrected chi connectivity index (χ3v) is 7.10. The minimum absolute atomic E-state index is 0.116. The summed E-state index contributed by atoms with van der Waals surface area (Å²) < 4.78 is 29.4. The fraction of sp³-hybridized carbons (Fsp3) is 0.259. The Bertz CT molecular complexity index is 1410. The monoisotopic (exact) mass is 490 g/mol. The molecule has 0 unspecified atom stereocenters. The van der Waals surface area contributed by atoms with Crippen LogP contribution in [0.1, 0.15) is 37.2 Å².